The van der Waals surface area contributed by atoms with Crippen molar-refractivity contribution in [3.05, 3.63) is 34.3 Å². The van der Waals surface area contributed by atoms with Crippen LogP contribution in [0.5, 0.6) is 0 Å². The van der Waals surface area contributed by atoms with Crippen LogP contribution in [-0.4, -0.2) is 13.1 Å². The maximum Gasteiger partial charge on any atom is 0.307 e. The van der Waals surface area contributed by atoms with Gasteiger partial charge in [-0.15, -0.1) is 12.4 Å². The predicted molar refractivity (Wildman–Crippen MR) is 65.0 cm³/mol. The fraction of sp³-hybridized carbons (Fsp3) is 0.300. The van der Waals surface area contributed by atoms with Crippen LogP contribution in [0.25, 0.3) is 0 Å². The van der Waals surface area contributed by atoms with E-state index < -0.39 is 0 Å². The van der Waals surface area contributed by atoms with E-state index in [1.165, 1.54) is 7.11 Å². The molecule has 0 aliphatic rings. The second-order valence-corrected chi connectivity index (χ2v) is 3.86. The third-order valence-electron chi connectivity index (χ3n) is 1.89. The minimum atomic E-state index is -0.306. The zero-order chi connectivity index (χ0) is 10.6. The zero-order valence-electron chi connectivity index (χ0n) is 8.27. The number of benzene rings is 1. The zero-order valence-corrected chi connectivity index (χ0v) is 10.7. The molecule has 0 saturated heterocycles. The van der Waals surface area contributed by atoms with Gasteiger partial charge in [0.1, 0.15) is 0 Å². The number of carbonyl (C=O) groups excluding carboxylic acids is 1. The average molecular weight is 295 g/mol. The number of ether oxygens (including phenoxy) is 1. The van der Waals surface area contributed by atoms with Crippen LogP contribution in [-0.2, 0) is 9.53 Å². The van der Waals surface area contributed by atoms with Crippen molar-refractivity contribution in [1.29, 1.82) is 0 Å². The van der Waals surface area contributed by atoms with Gasteiger partial charge < -0.3 is 10.5 Å². The monoisotopic (exact) mass is 293 g/mol. The van der Waals surface area contributed by atoms with Gasteiger partial charge in [0.2, 0.25) is 0 Å². The van der Waals surface area contributed by atoms with Gasteiger partial charge in [0.25, 0.3) is 0 Å². The number of rotatable bonds is 3. The van der Waals surface area contributed by atoms with Crippen LogP contribution in [0.2, 0.25) is 0 Å². The molecular weight excluding hydrogens is 281 g/mol. The molecule has 1 aromatic rings. The van der Waals surface area contributed by atoms with Crippen LogP contribution in [0.3, 0.4) is 0 Å². The van der Waals surface area contributed by atoms with Crippen molar-refractivity contribution in [2.45, 2.75) is 12.5 Å². The minimum Gasteiger partial charge on any atom is -0.469 e. The van der Waals surface area contributed by atoms with E-state index in [4.69, 9.17) is 5.73 Å². The SMILES string of the molecule is COC(=O)C[C@H](N)c1cccc(Br)c1.Cl. The Hall–Kier alpha value is -0.580. The lowest BCUT2D eigenvalue weighted by Gasteiger charge is -2.10. The Labute approximate surface area is 104 Å². The van der Waals surface area contributed by atoms with Gasteiger partial charge in [0.05, 0.1) is 13.5 Å². The normalized spacial score (nSPS) is 11.4. The summed E-state index contributed by atoms with van der Waals surface area (Å²) in [6.45, 7) is 0. The van der Waals surface area contributed by atoms with E-state index in [1.807, 2.05) is 24.3 Å². The molecule has 1 rings (SSSR count). The molecule has 0 heterocycles. The molecule has 0 spiro atoms. The number of hydrogen-bond donors (Lipinski definition) is 1. The summed E-state index contributed by atoms with van der Waals surface area (Å²) in [7, 11) is 1.36. The van der Waals surface area contributed by atoms with Gasteiger partial charge >= 0.3 is 5.97 Å². The maximum atomic E-state index is 11.0. The molecule has 0 unspecified atom stereocenters. The second-order valence-electron chi connectivity index (χ2n) is 2.94. The summed E-state index contributed by atoms with van der Waals surface area (Å²) in [5, 5.41) is 0. The Morgan fingerprint density at radius 3 is 2.80 bits per heavy atom. The number of esters is 1. The molecule has 0 radical (unpaired) electrons. The third kappa shape index (κ3) is 4.64. The van der Waals surface area contributed by atoms with E-state index in [-0.39, 0.29) is 30.8 Å². The number of carbonyl (C=O) groups is 1. The van der Waals surface area contributed by atoms with Crippen LogP contribution in [0, 0.1) is 0 Å². The highest BCUT2D eigenvalue weighted by atomic mass is 79.9. The molecule has 0 aliphatic heterocycles. The molecule has 15 heavy (non-hydrogen) atoms. The lowest BCUT2D eigenvalue weighted by atomic mass is 10.1. The molecule has 1 aromatic carbocycles. The van der Waals surface area contributed by atoms with E-state index in [9.17, 15) is 4.79 Å². The Bertz CT molecular complexity index is 333. The van der Waals surface area contributed by atoms with Gasteiger partial charge in [-0.1, -0.05) is 28.1 Å². The topological polar surface area (TPSA) is 52.3 Å². The Morgan fingerprint density at radius 1 is 1.60 bits per heavy atom. The van der Waals surface area contributed by atoms with E-state index >= 15 is 0 Å². The third-order valence-corrected chi connectivity index (χ3v) is 2.38. The van der Waals surface area contributed by atoms with Crippen molar-refractivity contribution in [2.75, 3.05) is 7.11 Å². The number of halogens is 2. The molecule has 84 valence electrons. The smallest absolute Gasteiger partial charge is 0.307 e. The first-order valence-corrected chi connectivity index (χ1v) is 5.00. The number of hydrogen-bond acceptors (Lipinski definition) is 3. The van der Waals surface area contributed by atoms with Gasteiger partial charge in [-0.2, -0.15) is 0 Å². The molecule has 0 fully saturated rings. The van der Waals surface area contributed by atoms with Crippen molar-refractivity contribution in [1.82, 2.24) is 0 Å². The van der Waals surface area contributed by atoms with Gasteiger partial charge in [0.15, 0.2) is 0 Å². The van der Waals surface area contributed by atoms with Crippen molar-refractivity contribution < 1.29 is 9.53 Å². The summed E-state index contributed by atoms with van der Waals surface area (Å²) in [4.78, 5) is 11.0. The highest BCUT2D eigenvalue weighted by Crippen LogP contribution is 2.18. The molecule has 0 saturated carbocycles. The quantitative estimate of drug-likeness (QED) is 0.871. The summed E-state index contributed by atoms with van der Waals surface area (Å²) >= 11 is 3.34. The summed E-state index contributed by atoms with van der Waals surface area (Å²) in [6, 6.07) is 7.27. The highest BCUT2D eigenvalue weighted by molar-refractivity contribution is 9.10. The maximum absolute atomic E-state index is 11.0. The molecular formula is C10H13BrClNO2. The molecule has 0 aromatic heterocycles. The summed E-state index contributed by atoms with van der Waals surface area (Å²) in [5.74, 6) is -0.294. The number of nitrogens with two attached hydrogens (primary N) is 1. The standard InChI is InChI=1S/C10H12BrNO2.ClH/c1-14-10(13)6-9(12)7-3-2-4-8(11)5-7;/h2-5,9H,6,12H2,1H3;1H/t9-;/m0./s1. The fourth-order valence-corrected chi connectivity index (χ4v) is 1.53. The summed E-state index contributed by atoms with van der Waals surface area (Å²) in [5.41, 5.74) is 6.74. The van der Waals surface area contributed by atoms with Crippen molar-refractivity contribution in [3.63, 3.8) is 0 Å². The Morgan fingerprint density at radius 2 is 2.27 bits per heavy atom. The summed E-state index contributed by atoms with van der Waals surface area (Å²) in [6.07, 6.45) is 0.201. The van der Waals surface area contributed by atoms with E-state index in [2.05, 4.69) is 20.7 Å². The molecule has 0 bridgehead atoms. The average Bonchev–Trinajstić information content (AvgIpc) is 2.17. The lowest BCUT2D eigenvalue weighted by molar-refractivity contribution is -0.141. The van der Waals surface area contributed by atoms with Crippen LogP contribution in [0.15, 0.2) is 28.7 Å². The van der Waals surface area contributed by atoms with Crippen LogP contribution in [0.4, 0.5) is 0 Å². The highest BCUT2D eigenvalue weighted by Gasteiger charge is 2.11. The number of methoxy groups -OCH3 is 1. The van der Waals surface area contributed by atoms with Crippen molar-refractivity contribution in [3.8, 4) is 0 Å². The molecule has 3 nitrogen and oxygen atoms in total. The van der Waals surface area contributed by atoms with Gasteiger partial charge in [-0.3, -0.25) is 4.79 Å². The second kappa shape index (κ2) is 6.82. The van der Waals surface area contributed by atoms with Crippen LogP contribution < -0.4 is 5.73 Å². The molecule has 2 N–H and O–H groups in total. The molecule has 5 heteroatoms. The molecule has 0 aliphatic carbocycles. The summed E-state index contributed by atoms with van der Waals surface area (Å²) < 4.78 is 5.50. The Kier molecular flexibility index (Phi) is 6.56. The predicted octanol–water partition coefficient (Wildman–Crippen LogP) is 2.43. The van der Waals surface area contributed by atoms with Crippen molar-refractivity contribution in [2.24, 2.45) is 5.73 Å². The van der Waals surface area contributed by atoms with Gasteiger partial charge in [-0.25, -0.2) is 0 Å². The molecule has 0 amide bonds. The van der Waals surface area contributed by atoms with E-state index in [0.717, 1.165) is 10.0 Å². The van der Waals surface area contributed by atoms with Crippen LogP contribution in [0.1, 0.15) is 18.0 Å². The lowest BCUT2D eigenvalue weighted by Crippen LogP contribution is -2.16. The van der Waals surface area contributed by atoms with Gasteiger partial charge in [0, 0.05) is 10.5 Å². The van der Waals surface area contributed by atoms with Crippen LogP contribution >= 0.6 is 28.3 Å². The Balaban J connectivity index is 0.00000196. The first-order valence-electron chi connectivity index (χ1n) is 4.21. The van der Waals surface area contributed by atoms with Crippen molar-refractivity contribution >= 4 is 34.3 Å². The first-order chi connectivity index (χ1) is 6.63. The molecule has 1 atom stereocenters. The minimum absolute atomic E-state index is 0. The van der Waals surface area contributed by atoms with E-state index in [1.54, 1.807) is 0 Å². The van der Waals surface area contributed by atoms with Gasteiger partial charge in [-0.05, 0) is 17.7 Å². The fourth-order valence-electron chi connectivity index (χ4n) is 1.12. The first kappa shape index (κ1) is 14.4. The van der Waals surface area contributed by atoms with E-state index in [0.29, 0.717) is 0 Å². The largest absolute Gasteiger partial charge is 0.469 e.